The Morgan fingerprint density at radius 3 is 2.55 bits per heavy atom. The van der Waals surface area contributed by atoms with Crippen molar-refractivity contribution in [1.82, 2.24) is 10.1 Å². The molecule has 2 N–H and O–H groups in total. The Hall–Kier alpha value is -0.940. The highest BCUT2D eigenvalue weighted by molar-refractivity contribution is 5.08. The van der Waals surface area contributed by atoms with Gasteiger partial charge in [0, 0.05) is 13.7 Å². The largest absolute Gasteiger partial charge is 0.373 e. The number of methoxy groups -OCH3 is 1. The zero-order valence-corrected chi connectivity index (χ0v) is 12.7. The van der Waals surface area contributed by atoms with E-state index in [0.29, 0.717) is 12.4 Å². The second kappa shape index (κ2) is 7.18. The molecule has 114 valence electrons. The number of ether oxygens (including phenoxy) is 1. The van der Waals surface area contributed by atoms with Gasteiger partial charge in [-0.1, -0.05) is 44.2 Å². The molecule has 0 aliphatic heterocycles. The smallest absolute Gasteiger partial charge is 0.234 e. The van der Waals surface area contributed by atoms with Crippen molar-refractivity contribution in [2.45, 2.75) is 69.8 Å². The molecule has 0 aromatic carbocycles. The van der Waals surface area contributed by atoms with Crippen LogP contribution >= 0.6 is 0 Å². The Balaban J connectivity index is 2.20. The summed E-state index contributed by atoms with van der Waals surface area (Å²) in [4.78, 5) is 4.63. The fourth-order valence-electron chi connectivity index (χ4n) is 3.11. The molecule has 1 saturated carbocycles. The number of hydrogen-bond donors (Lipinski definition) is 1. The van der Waals surface area contributed by atoms with Crippen LogP contribution in [0.3, 0.4) is 0 Å². The summed E-state index contributed by atoms with van der Waals surface area (Å²) >= 11 is 0. The highest BCUT2D eigenvalue weighted by atomic mass is 16.5. The Labute approximate surface area is 121 Å². The van der Waals surface area contributed by atoms with Gasteiger partial charge in [-0.15, -0.1) is 0 Å². The van der Waals surface area contributed by atoms with E-state index < -0.39 is 0 Å². The maximum absolute atomic E-state index is 6.06. The van der Waals surface area contributed by atoms with Gasteiger partial charge in [0.25, 0.3) is 0 Å². The number of rotatable bonds is 6. The van der Waals surface area contributed by atoms with Gasteiger partial charge >= 0.3 is 0 Å². The lowest BCUT2D eigenvalue weighted by Gasteiger charge is -2.26. The van der Waals surface area contributed by atoms with Crippen LogP contribution in [0.25, 0.3) is 0 Å². The van der Waals surface area contributed by atoms with Crippen LogP contribution in [0.5, 0.6) is 0 Å². The van der Waals surface area contributed by atoms with Gasteiger partial charge in [0.05, 0.1) is 5.41 Å². The van der Waals surface area contributed by atoms with Crippen molar-refractivity contribution in [2.24, 2.45) is 5.73 Å². The van der Waals surface area contributed by atoms with Crippen LogP contribution in [0.4, 0.5) is 0 Å². The molecule has 1 aliphatic rings. The fraction of sp³-hybridized carbons (Fsp3) is 0.867. The van der Waals surface area contributed by atoms with Crippen molar-refractivity contribution in [1.29, 1.82) is 0 Å². The third kappa shape index (κ3) is 3.20. The van der Waals surface area contributed by atoms with Gasteiger partial charge in [-0.05, 0) is 19.3 Å². The van der Waals surface area contributed by atoms with Crippen molar-refractivity contribution >= 4 is 0 Å². The van der Waals surface area contributed by atoms with Crippen LogP contribution in [0.2, 0.25) is 0 Å². The topological polar surface area (TPSA) is 74.2 Å². The Kier molecular flexibility index (Phi) is 5.54. The molecule has 0 radical (unpaired) electrons. The molecule has 2 rings (SSSR count). The molecule has 0 amide bonds. The third-order valence-electron chi connectivity index (χ3n) is 4.47. The average molecular weight is 281 g/mol. The molecule has 0 bridgehead atoms. The Bertz CT molecular complexity index is 398. The van der Waals surface area contributed by atoms with E-state index in [1.54, 1.807) is 7.11 Å². The van der Waals surface area contributed by atoms with Crippen molar-refractivity contribution in [3.05, 3.63) is 11.7 Å². The van der Waals surface area contributed by atoms with E-state index in [-0.39, 0.29) is 11.5 Å². The average Bonchev–Trinajstić information content (AvgIpc) is 2.84. The molecular formula is C15H27N3O2. The van der Waals surface area contributed by atoms with Crippen LogP contribution in [0.15, 0.2) is 4.52 Å². The van der Waals surface area contributed by atoms with Crippen molar-refractivity contribution in [3.8, 4) is 0 Å². The van der Waals surface area contributed by atoms with Gasteiger partial charge < -0.3 is 15.0 Å². The van der Waals surface area contributed by atoms with E-state index in [2.05, 4.69) is 17.1 Å². The lowest BCUT2D eigenvalue weighted by atomic mass is 9.80. The van der Waals surface area contributed by atoms with Gasteiger partial charge in [0.1, 0.15) is 6.10 Å². The number of hydrogen-bond acceptors (Lipinski definition) is 5. The first-order valence-corrected chi connectivity index (χ1v) is 7.82. The zero-order chi connectivity index (χ0) is 14.4. The van der Waals surface area contributed by atoms with Crippen molar-refractivity contribution < 1.29 is 9.26 Å². The fourth-order valence-corrected chi connectivity index (χ4v) is 3.11. The van der Waals surface area contributed by atoms with Gasteiger partial charge in [0.15, 0.2) is 0 Å². The van der Waals surface area contributed by atoms with Gasteiger partial charge in [-0.25, -0.2) is 0 Å². The molecule has 1 heterocycles. The molecule has 0 spiro atoms. The minimum absolute atomic E-state index is 0.0712. The van der Waals surface area contributed by atoms with Crippen LogP contribution in [0.1, 0.15) is 76.1 Å². The van der Waals surface area contributed by atoms with Crippen molar-refractivity contribution in [2.75, 3.05) is 13.7 Å². The molecule has 0 saturated heterocycles. The SMILES string of the molecule is CCCC(OC)c1noc(C2(CN)CCCCCC2)n1. The molecule has 5 heteroatoms. The normalized spacial score (nSPS) is 20.6. The van der Waals surface area contributed by atoms with E-state index >= 15 is 0 Å². The van der Waals surface area contributed by atoms with Crippen molar-refractivity contribution in [3.63, 3.8) is 0 Å². The Morgan fingerprint density at radius 1 is 1.30 bits per heavy atom. The summed E-state index contributed by atoms with van der Waals surface area (Å²) in [6.45, 7) is 2.71. The molecule has 1 fully saturated rings. The molecule has 20 heavy (non-hydrogen) atoms. The summed E-state index contributed by atoms with van der Waals surface area (Å²) in [6, 6.07) is 0. The second-order valence-corrected chi connectivity index (χ2v) is 5.87. The van der Waals surface area contributed by atoms with Gasteiger partial charge in [0.2, 0.25) is 11.7 Å². The monoisotopic (exact) mass is 281 g/mol. The number of nitrogens with two attached hydrogens (primary N) is 1. The summed E-state index contributed by atoms with van der Waals surface area (Å²) in [5.74, 6) is 1.39. The maximum atomic E-state index is 6.06. The highest BCUT2D eigenvalue weighted by Gasteiger charge is 2.37. The predicted octanol–water partition coefficient (Wildman–Crippen LogP) is 3.11. The van der Waals surface area contributed by atoms with E-state index in [1.165, 1.54) is 25.7 Å². The summed E-state index contributed by atoms with van der Waals surface area (Å²) < 4.78 is 11.0. The molecular weight excluding hydrogens is 254 g/mol. The van der Waals surface area contributed by atoms with Gasteiger partial charge in [-0.3, -0.25) is 0 Å². The molecule has 5 nitrogen and oxygen atoms in total. The lowest BCUT2D eigenvalue weighted by molar-refractivity contribution is 0.0854. The molecule has 1 unspecified atom stereocenters. The highest BCUT2D eigenvalue weighted by Crippen LogP contribution is 2.37. The van der Waals surface area contributed by atoms with Crippen LogP contribution in [-0.2, 0) is 10.2 Å². The van der Waals surface area contributed by atoms with E-state index in [0.717, 1.165) is 31.6 Å². The van der Waals surface area contributed by atoms with E-state index in [4.69, 9.17) is 15.0 Å². The van der Waals surface area contributed by atoms with E-state index in [9.17, 15) is 0 Å². The molecule has 1 atom stereocenters. The first-order chi connectivity index (χ1) is 9.75. The predicted molar refractivity (Wildman–Crippen MR) is 77.4 cm³/mol. The van der Waals surface area contributed by atoms with Crippen LogP contribution < -0.4 is 5.73 Å². The Morgan fingerprint density at radius 2 is 2.00 bits per heavy atom. The van der Waals surface area contributed by atoms with Crippen LogP contribution in [0, 0.1) is 0 Å². The maximum Gasteiger partial charge on any atom is 0.234 e. The number of nitrogens with zero attached hydrogens (tertiary/aromatic N) is 2. The summed E-state index contributed by atoms with van der Waals surface area (Å²) in [6.07, 6.45) is 8.91. The number of aromatic nitrogens is 2. The lowest BCUT2D eigenvalue weighted by Crippen LogP contribution is -2.35. The molecule has 1 aliphatic carbocycles. The minimum Gasteiger partial charge on any atom is -0.373 e. The second-order valence-electron chi connectivity index (χ2n) is 5.87. The minimum atomic E-state index is -0.119. The first kappa shape index (κ1) is 15.4. The summed E-state index contributed by atoms with van der Waals surface area (Å²) in [5, 5.41) is 4.14. The standard InChI is InChI=1S/C15H27N3O2/c1-3-8-12(19-2)13-17-14(20-18-13)15(11-16)9-6-4-5-7-10-15/h12H,3-11,16H2,1-2H3. The van der Waals surface area contributed by atoms with Crippen LogP contribution in [-0.4, -0.2) is 23.8 Å². The molecule has 1 aromatic rings. The summed E-state index contributed by atoms with van der Waals surface area (Å²) in [7, 11) is 1.70. The quantitative estimate of drug-likeness (QED) is 0.811. The first-order valence-electron chi connectivity index (χ1n) is 7.82. The molecule has 1 aromatic heterocycles. The zero-order valence-electron chi connectivity index (χ0n) is 12.7. The van der Waals surface area contributed by atoms with E-state index in [1.807, 2.05) is 0 Å². The third-order valence-corrected chi connectivity index (χ3v) is 4.47. The van der Waals surface area contributed by atoms with Gasteiger partial charge in [-0.2, -0.15) is 4.98 Å². The summed E-state index contributed by atoms with van der Waals surface area (Å²) in [5.41, 5.74) is 5.94.